The molecule has 2 nitrogen and oxygen atoms in total. The largest absolute Gasteiger partial charge is 0.390 e. The molecule has 2 rings (SSSR count). The summed E-state index contributed by atoms with van der Waals surface area (Å²) in [7, 11) is 0. The highest BCUT2D eigenvalue weighted by molar-refractivity contribution is 7.10. The molecule has 1 N–H and O–H groups in total. The van der Waals surface area contributed by atoms with Gasteiger partial charge in [-0.25, -0.2) is 0 Å². The summed E-state index contributed by atoms with van der Waals surface area (Å²) in [5.74, 6) is 0. The fourth-order valence-corrected chi connectivity index (χ4v) is 3.46. The van der Waals surface area contributed by atoms with Crippen LogP contribution in [0.25, 0.3) is 0 Å². The van der Waals surface area contributed by atoms with Gasteiger partial charge in [-0.15, -0.1) is 36.2 Å². The van der Waals surface area contributed by atoms with Crippen molar-refractivity contribution < 1.29 is 13.2 Å². The van der Waals surface area contributed by atoms with Gasteiger partial charge in [0.15, 0.2) is 0 Å². The molecule has 1 saturated heterocycles. The SMILES string of the molecule is Cl.Cl.FC(F)(F)C[C@H](c1sccc1Cl)N1CCNCC1. The van der Waals surface area contributed by atoms with Crippen molar-refractivity contribution in [3.63, 3.8) is 0 Å². The predicted octanol–water partition coefficient (Wildman–Crippen LogP) is 4.14. The Morgan fingerprint density at radius 1 is 1.30 bits per heavy atom. The Hall–Kier alpha value is 0.280. The summed E-state index contributed by atoms with van der Waals surface area (Å²) in [6.45, 7) is 2.68. The lowest BCUT2D eigenvalue weighted by Crippen LogP contribution is -2.45. The van der Waals surface area contributed by atoms with E-state index in [1.165, 1.54) is 11.3 Å². The Morgan fingerprint density at radius 2 is 1.90 bits per heavy atom. The van der Waals surface area contributed by atoms with Crippen molar-refractivity contribution in [2.24, 2.45) is 0 Å². The van der Waals surface area contributed by atoms with Crippen LogP contribution in [0.4, 0.5) is 13.2 Å². The fraction of sp³-hybridized carbons (Fsp3) is 0.636. The highest BCUT2D eigenvalue weighted by atomic mass is 35.5. The van der Waals surface area contributed by atoms with Crippen LogP contribution >= 0.6 is 47.8 Å². The van der Waals surface area contributed by atoms with E-state index in [0.717, 1.165) is 13.1 Å². The summed E-state index contributed by atoms with van der Waals surface area (Å²) >= 11 is 7.28. The number of rotatable bonds is 3. The molecule has 118 valence electrons. The average Bonchev–Trinajstić information content (AvgIpc) is 2.72. The van der Waals surface area contributed by atoms with Crippen LogP contribution in [0.2, 0.25) is 5.02 Å². The minimum absolute atomic E-state index is 0. The molecule has 0 aliphatic carbocycles. The first-order chi connectivity index (χ1) is 8.47. The minimum atomic E-state index is -4.18. The zero-order valence-electron chi connectivity index (χ0n) is 10.5. The summed E-state index contributed by atoms with van der Waals surface area (Å²) in [6, 6.07) is 1.01. The Morgan fingerprint density at radius 3 is 2.35 bits per heavy atom. The van der Waals surface area contributed by atoms with E-state index < -0.39 is 18.6 Å². The highest BCUT2D eigenvalue weighted by Gasteiger charge is 2.37. The molecule has 1 aliphatic heterocycles. The standard InChI is InChI=1S/C11H14ClF3N2S.2ClH/c12-8-1-6-18-10(8)9(7-11(13,14)15)17-4-2-16-3-5-17;;/h1,6,9,16H,2-5,7H2;2*1H/t9-;;/m1../s1. The molecule has 0 bridgehead atoms. The molecule has 20 heavy (non-hydrogen) atoms. The molecule has 1 aliphatic rings. The van der Waals surface area contributed by atoms with E-state index >= 15 is 0 Å². The van der Waals surface area contributed by atoms with E-state index in [1.807, 2.05) is 4.90 Å². The van der Waals surface area contributed by atoms with Gasteiger partial charge in [0.2, 0.25) is 0 Å². The normalized spacial score (nSPS) is 18.0. The van der Waals surface area contributed by atoms with E-state index in [9.17, 15) is 13.2 Å². The number of thiophene rings is 1. The molecular formula is C11H16Cl3F3N2S. The summed E-state index contributed by atoms with van der Waals surface area (Å²) in [5, 5.41) is 5.32. The molecule has 1 aromatic rings. The van der Waals surface area contributed by atoms with E-state index in [0.29, 0.717) is 23.0 Å². The number of halogens is 6. The van der Waals surface area contributed by atoms with Gasteiger partial charge < -0.3 is 5.32 Å². The van der Waals surface area contributed by atoms with Gasteiger partial charge in [0.25, 0.3) is 0 Å². The maximum Gasteiger partial charge on any atom is 0.390 e. The predicted molar refractivity (Wildman–Crippen MR) is 81.7 cm³/mol. The van der Waals surface area contributed by atoms with Crippen molar-refractivity contribution in [1.82, 2.24) is 10.2 Å². The van der Waals surface area contributed by atoms with Crippen LogP contribution in [0.3, 0.4) is 0 Å². The summed E-state index contributed by atoms with van der Waals surface area (Å²) in [6.07, 6.45) is -5.02. The number of nitrogens with zero attached hydrogens (tertiary/aromatic N) is 1. The van der Waals surface area contributed by atoms with Gasteiger partial charge in [-0.2, -0.15) is 13.2 Å². The van der Waals surface area contributed by atoms with Crippen LogP contribution in [0.1, 0.15) is 17.3 Å². The zero-order valence-corrected chi connectivity index (χ0v) is 13.7. The average molecular weight is 372 g/mol. The lowest BCUT2D eigenvalue weighted by atomic mass is 10.1. The Labute approximate surface area is 137 Å². The van der Waals surface area contributed by atoms with E-state index in [2.05, 4.69) is 5.32 Å². The maximum atomic E-state index is 12.7. The molecule has 0 radical (unpaired) electrons. The Bertz CT molecular complexity index is 395. The highest BCUT2D eigenvalue weighted by Crippen LogP contribution is 2.39. The van der Waals surface area contributed by atoms with Crippen LogP contribution in [0, 0.1) is 0 Å². The van der Waals surface area contributed by atoms with Crippen molar-refractivity contribution in [3.8, 4) is 0 Å². The van der Waals surface area contributed by atoms with Gasteiger partial charge in [0, 0.05) is 31.1 Å². The Kier molecular flexibility index (Phi) is 8.78. The number of alkyl halides is 3. The third-order valence-corrected chi connectivity index (χ3v) is 4.42. The van der Waals surface area contributed by atoms with E-state index in [1.54, 1.807) is 11.4 Å². The van der Waals surface area contributed by atoms with Gasteiger partial charge >= 0.3 is 6.18 Å². The third kappa shape index (κ3) is 5.58. The Balaban J connectivity index is 0.00000180. The molecule has 2 heterocycles. The summed E-state index contributed by atoms with van der Waals surface area (Å²) < 4.78 is 38.1. The quantitative estimate of drug-likeness (QED) is 0.859. The summed E-state index contributed by atoms with van der Waals surface area (Å²) in [5.41, 5.74) is 0. The molecule has 0 saturated carbocycles. The minimum Gasteiger partial charge on any atom is -0.314 e. The lowest BCUT2D eigenvalue weighted by Gasteiger charge is -2.35. The molecule has 0 spiro atoms. The summed E-state index contributed by atoms with van der Waals surface area (Å²) in [4.78, 5) is 2.48. The van der Waals surface area contributed by atoms with E-state index in [-0.39, 0.29) is 24.8 Å². The lowest BCUT2D eigenvalue weighted by molar-refractivity contribution is -0.148. The second-order valence-corrected chi connectivity index (χ2v) is 5.61. The monoisotopic (exact) mass is 370 g/mol. The second-order valence-electron chi connectivity index (χ2n) is 4.25. The van der Waals surface area contributed by atoms with Crippen LogP contribution in [-0.2, 0) is 0 Å². The molecule has 1 aromatic heterocycles. The number of hydrogen-bond acceptors (Lipinski definition) is 3. The van der Waals surface area contributed by atoms with Crippen LogP contribution in [0.15, 0.2) is 11.4 Å². The van der Waals surface area contributed by atoms with Crippen molar-refractivity contribution in [3.05, 3.63) is 21.3 Å². The molecule has 1 atom stereocenters. The number of nitrogens with one attached hydrogen (secondary N) is 1. The molecule has 0 unspecified atom stereocenters. The smallest absolute Gasteiger partial charge is 0.314 e. The zero-order chi connectivity index (χ0) is 13.2. The molecule has 0 aromatic carbocycles. The molecule has 1 fully saturated rings. The van der Waals surface area contributed by atoms with Crippen LogP contribution in [0.5, 0.6) is 0 Å². The van der Waals surface area contributed by atoms with Crippen molar-refractivity contribution >= 4 is 47.8 Å². The van der Waals surface area contributed by atoms with Gasteiger partial charge in [0.1, 0.15) is 0 Å². The first-order valence-electron chi connectivity index (χ1n) is 5.72. The first-order valence-corrected chi connectivity index (χ1v) is 6.97. The van der Waals surface area contributed by atoms with Crippen molar-refractivity contribution in [1.29, 1.82) is 0 Å². The van der Waals surface area contributed by atoms with Crippen LogP contribution in [-0.4, -0.2) is 37.3 Å². The molecule has 9 heteroatoms. The van der Waals surface area contributed by atoms with Crippen molar-refractivity contribution in [2.45, 2.75) is 18.6 Å². The topological polar surface area (TPSA) is 15.3 Å². The van der Waals surface area contributed by atoms with Gasteiger partial charge in [0.05, 0.1) is 17.5 Å². The van der Waals surface area contributed by atoms with Crippen molar-refractivity contribution in [2.75, 3.05) is 26.2 Å². The van der Waals surface area contributed by atoms with Gasteiger partial charge in [-0.05, 0) is 11.4 Å². The van der Waals surface area contributed by atoms with E-state index in [4.69, 9.17) is 11.6 Å². The van der Waals surface area contributed by atoms with Crippen LogP contribution < -0.4 is 5.32 Å². The third-order valence-electron chi connectivity index (χ3n) is 2.96. The second kappa shape index (κ2) is 8.66. The molecule has 0 amide bonds. The molecular weight excluding hydrogens is 356 g/mol. The van der Waals surface area contributed by atoms with Gasteiger partial charge in [-0.3, -0.25) is 4.90 Å². The number of hydrogen-bond donors (Lipinski definition) is 1. The number of piperazine rings is 1. The maximum absolute atomic E-state index is 12.7. The fourth-order valence-electron chi connectivity index (χ4n) is 2.14. The van der Waals surface area contributed by atoms with Gasteiger partial charge in [-0.1, -0.05) is 11.6 Å². The first kappa shape index (κ1) is 20.3.